The molecule has 0 aromatic rings. The van der Waals surface area contributed by atoms with Gasteiger partial charge in [-0.25, -0.2) is 0 Å². The maximum atomic E-state index is 5.87. The normalized spacial score (nSPS) is 22.7. The van der Waals surface area contributed by atoms with Gasteiger partial charge < -0.3 is 4.43 Å². The summed E-state index contributed by atoms with van der Waals surface area (Å²) in [4.78, 5) is 0. The molecule has 0 saturated heterocycles. The van der Waals surface area contributed by atoms with Crippen molar-refractivity contribution in [3.63, 3.8) is 0 Å². The van der Waals surface area contributed by atoms with E-state index in [2.05, 4.69) is 12.8 Å². The molecule has 0 spiro atoms. The van der Waals surface area contributed by atoms with Crippen molar-refractivity contribution in [1.29, 1.82) is 0 Å². The van der Waals surface area contributed by atoms with Crippen LogP contribution >= 0.6 is 0 Å². The van der Waals surface area contributed by atoms with Gasteiger partial charge in [-0.1, -0.05) is 19.3 Å². The van der Waals surface area contributed by atoms with Crippen molar-refractivity contribution < 1.29 is 4.43 Å². The minimum absolute atomic E-state index is 0.138. The number of hydrogen-bond acceptors (Lipinski definition) is 1. The zero-order valence-electron chi connectivity index (χ0n) is 7.94. The molecule has 0 aromatic heterocycles. The van der Waals surface area contributed by atoms with E-state index in [0.717, 1.165) is 12.8 Å². The smallest absolute Gasteiger partial charge is 0.163 e. The predicted octanol–water partition coefficient (Wildman–Crippen LogP) is 1.86. The highest BCUT2D eigenvalue weighted by molar-refractivity contribution is 6.27. The Labute approximate surface area is 77.8 Å². The number of terminal acetylenes is 1. The Hall–Kier alpha value is -0.263. The molecule has 68 valence electrons. The van der Waals surface area contributed by atoms with Gasteiger partial charge >= 0.3 is 0 Å². The van der Waals surface area contributed by atoms with Crippen LogP contribution in [0.15, 0.2) is 0 Å². The highest BCUT2D eigenvalue weighted by Crippen LogP contribution is 2.30. The second-order valence-corrected chi connectivity index (χ2v) is 5.24. The van der Waals surface area contributed by atoms with Gasteiger partial charge in [-0.3, -0.25) is 0 Å². The summed E-state index contributed by atoms with van der Waals surface area (Å²) in [5, 5.41) is 0. The minimum atomic E-state index is -0.333. The molecule has 2 heteroatoms. The van der Waals surface area contributed by atoms with Crippen LogP contribution in [0.3, 0.4) is 0 Å². The van der Waals surface area contributed by atoms with Crippen molar-refractivity contribution in [2.45, 2.75) is 50.7 Å². The molecular weight excluding hydrogens is 164 g/mol. The summed E-state index contributed by atoms with van der Waals surface area (Å²) in [6.45, 7) is 2.18. The van der Waals surface area contributed by atoms with E-state index < -0.39 is 0 Å². The van der Waals surface area contributed by atoms with Gasteiger partial charge in [0.25, 0.3) is 0 Å². The van der Waals surface area contributed by atoms with Gasteiger partial charge in [-0.05, 0) is 31.7 Å². The van der Waals surface area contributed by atoms with Crippen LogP contribution in [0.25, 0.3) is 0 Å². The third-order valence-electron chi connectivity index (χ3n) is 2.51. The Morgan fingerprint density at radius 3 is 2.58 bits per heavy atom. The standard InChI is InChI=1S/C10H18OSi/c1-3-10(11-12-4-2)8-6-5-7-9-10/h1H,4-9,12H2,2H3. The van der Waals surface area contributed by atoms with Gasteiger partial charge in [-0.15, -0.1) is 6.42 Å². The molecule has 1 rings (SSSR count). The van der Waals surface area contributed by atoms with E-state index in [1.807, 2.05) is 0 Å². The van der Waals surface area contributed by atoms with E-state index >= 15 is 0 Å². The minimum Gasteiger partial charge on any atom is -0.408 e. The first-order valence-electron chi connectivity index (χ1n) is 4.95. The van der Waals surface area contributed by atoms with E-state index in [1.165, 1.54) is 25.3 Å². The van der Waals surface area contributed by atoms with Gasteiger partial charge in [0.1, 0.15) is 5.60 Å². The fraction of sp³-hybridized carbons (Fsp3) is 0.800. The fourth-order valence-corrected chi connectivity index (χ4v) is 2.72. The highest BCUT2D eigenvalue weighted by Gasteiger charge is 2.29. The van der Waals surface area contributed by atoms with Crippen LogP contribution in [0, 0.1) is 12.3 Å². The lowest BCUT2D eigenvalue weighted by molar-refractivity contribution is 0.0922. The molecule has 1 aliphatic carbocycles. The molecule has 0 atom stereocenters. The summed E-state index contributed by atoms with van der Waals surface area (Å²) >= 11 is 0. The van der Waals surface area contributed by atoms with E-state index in [0.29, 0.717) is 0 Å². The topological polar surface area (TPSA) is 9.23 Å². The van der Waals surface area contributed by atoms with E-state index in [1.54, 1.807) is 0 Å². The number of rotatable bonds is 3. The van der Waals surface area contributed by atoms with Crippen LogP contribution in [0.4, 0.5) is 0 Å². The predicted molar refractivity (Wildman–Crippen MR) is 54.8 cm³/mol. The maximum absolute atomic E-state index is 5.87. The molecule has 0 unspecified atom stereocenters. The quantitative estimate of drug-likeness (QED) is 0.478. The summed E-state index contributed by atoms with van der Waals surface area (Å²) in [6.07, 6.45) is 11.6. The van der Waals surface area contributed by atoms with Crippen molar-refractivity contribution in [2.75, 3.05) is 0 Å². The Bertz CT molecular complexity index is 165. The van der Waals surface area contributed by atoms with Crippen molar-refractivity contribution in [2.24, 2.45) is 0 Å². The highest BCUT2D eigenvalue weighted by atomic mass is 28.2. The van der Waals surface area contributed by atoms with Crippen molar-refractivity contribution in [3.8, 4) is 12.3 Å². The Balaban J connectivity index is 2.44. The molecular formula is C10H18OSi. The molecule has 1 saturated carbocycles. The lowest BCUT2D eigenvalue weighted by atomic mass is 9.86. The molecule has 1 nitrogen and oxygen atoms in total. The Morgan fingerprint density at radius 1 is 1.42 bits per heavy atom. The van der Waals surface area contributed by atoms with Gasteiger partial charge in [0, 0.05) is 0 Å². The fourth-order valence-electron chi connectivity index (χ4n) is 1.75. The van der Waals surface area contributed by atoms with Gasteiger partial charge in [0.05, 0.1) is 0 Å². The molecule has 1 aliphatic rings. The summed E-state index contributed by atoms with van der Waals surface area (Å²) < 4.78 is 5.87. The van der Waals surface area contributed by atoms with Crippen LogP contribution in [-0.4, -0.2) is 15.4 Å². The summed E-state index contributed by atoms with van der Waals surface area (Å²) in [5.41, 5.74) is -0.138. The van der Waals surface area contributed by atoms with Crippen LogP contribution in [0.1, 0.15) is 39.0 Å². The molecule has 12 heavy (non-hydrogen) atoms. The third-order valence-corrected chi connectivity index (χ3v) is 3.67. The lowest BCUT2D eigenvalue weighted by Crippen LogP contribution is -2.34. The van der Waals surface area contributed by atoms with E-state index in [-0.39, 0.29) is 15.4 Å². The monoisotopic (exact) mass is 182 g/mol. The Morgan fingerprint density at radius 2 is 2.08 bits per heavy atom. The first-order chi connectivity index (χ1) is 5.83. The third kappa shape index (κ3) is 2.36. The van der Waals surface area contributed by atoms with Crippen LogP contribution in [0.5, 0.6) is 0 Å². The molecule has 0 bridgehead atoms. The summed E-state index contributed by atoms with van der Waals surface area (Å²) in [6, 6.07) is 1.20. The zero-order valence-corrected chi connectivity index (χ0v) is 9.35. The molecule has 0 aliphatic heterocycles. The second kappa shape index (κ2) is 4.69. The molecule has 0 N–H and O–H groups in total. The maximum Gasteiger partial charge on any atom is 0.163 e. The number of hydrogen-bond donors (Lipinski definition) is 0. The van der Waals surface area contributed by atoms with Crippen LogP contribution < -0.4 is 0 Å². The van der Waals surface area contributed by atoms with Gasteiger partial charge in [0.15, 0.2) is 9.76 Å². The molecule has 0 aromatic carbocycles. The van der Waals surface area contributed by atoms with Crippen LogP contribution in [-0.2, 0) is 4.43 Å². The molecule has 1 fully saturated rings. The van der Waals surface area contributed by atoms with Gasteiger partial charge in [-0.2, -0.15) is 0 Å². The van der Waals surface area contributed by atoms with Crippen molar-refractivity contribution in [1.82, 2.24) is 0 Å². The van der Waals surface area contributed by atoms with Crippen molar-refractivity contribution >= 4 is 9.76 Å². The average Bonchev–Trinajstić information content (AvgIpc) is 2.16. The van der Waals surface area contributed by atoms with E-state index in [9.17, 15) is 0 Å². The van der Waals surface area contributed by atoms with Gasteiger partial charge in [0.2, 0.25) is 0 Å². The molecule has 0 radical (unpaired) electrons. The van der Waals surface area contributed by atoms with Crippen LogP contribution in [0.2, 0.25) is 6.04 Å². The Kier molecular flexibility index (Phi) is 3.84. The zero-order chi connectivity index (χ0) is 8.86. The summed E-state index contributed by atoms with van der Waals surface area (Å²) in [7, 11) is -0.333. The first-order valence-corrected chi connectivity index (χ1v) is 6.52. The molecule has 0 amide bonds. The summed E-state index contributed by atoms with van der Waals surface area (Å²) in [5.74, 6) is 2.86. The lowest BCUT2D eigenvalue weighted by Gasteiger charge is -2.32. The van der Waals surface area contributed by atoms with Crippen molar-refractivity contribution in [3.05, 3.63) is 0 Å². The first kappa shape index (κ1) is 9.82. The molecule has 0 heterocycles. The van der Waals surface area contributed by atoms with E-state index in [4.69, 9.17) is 10.8 Å². The SMILES string of the molecule is C#CC1(O[SiH2]CC)CCCCC1. The second-order valence-electron chi connectivity index (χ2n) is 3.55. The average molecular weight is 182 g/mol. The largest absolute Gasteiger partial charge is 0.408 e.